The lowest BCUT2D eigenvalue weighted by molar-refractivity contribution is -0.137. The zero-order valence-electron chi connectivity index (χ0n) is 13.1. The van der Waals surface area contributed by atoms with Crippen LogP contribution in [0.3, 0.4) is 0 Å². The molecule has 0 radical (unpaired) electrons. The molecule has 0 spiro atoms. The van der Waals surface area contributed by atoms with E-state index in [4.69, 9.17) is 10.3 Å². The van der Waals surface area contributed by atoms with Gasteiger partial charge in [-0.05, 0) is 18.1 Å². The summed E-state index contributed by atoms with van der Waals surface area (Å²) >= 11 is 0. The van der Waals surface area contributed by atoms with Crippen molar-refractivity contribution in [3.05, 3.63) is 35.7 Å². The molecule has 1 amide bonds. The lowest BCUT2D eigenvalue weighted by Gasteiger charge is -2.14. The molecule has 1 atom stereocenters. The maximum absolute atomic E-state index is 12.7. The summed E-state index contributed by atoms with van der Waals surface area (Å²) in [7, 11) is 0. The molecule has 0 saturated carbocycles. The molecule has 0 saturated heterocycles. The van der Waals surface area contributed by atoms with Gasteiger partial charge < -0.3 is 15.6 Å². The predicted octanol–water partition coefficient (Wildman–Crippen LogP) is 2.35. The van der Waals surface area contributed by atoms with E-state index in [0.29, 0.717) is 0 Å². The highest BCUT2D eigenvalue weighted by Gasteiger charge is 2.30. The van der Waals surface area contributed by atoms with E-state index in [1.165, 1.54) is 12.1 Å². The van der Waals surface area contributed by atoms with Gasteiger partial charge in [0.25, 0.3) is 0 Å². The van der Waals surface area contributed by atoms with Gasteiger partial charge in [0.2, 0.25) is 17.6 Å². The van der Waals surface area contributed by atoms with Crippen LogP contribution in [0.4, 0.5) is 13.2 Å². The van der Waals surface area contributed by atoms with Crippen molar-refractivity contribution < 1.29 is 22.5 Å². The van der Waals surface area contributed by atoms with E-state index >= 15 is 0 Å². The molecule has 1 aromatic heterocycles. The molecule has 6 nitrogen and oxygen atoms in total. The zero-order chi connectivity index (χ0) is 17.9. The van der Waals surface area contributed by atoms with Crippen LogP contribution in [0.5, 0.6) is 0 Å². The minimum atomic E-state index is -4.45. The molecule has 0 aliphatic carbocycles. The van der Waals surface area contributed by atoms with E-state index in [1.54, 1.807) is 0 Å². The van der Waals surface area contributed by atoms with Crippen LogP contribution in [0, 0.1) is 5.92 Å². The zero-order valence-corrected chi connectivity index (χ0v) is 13.1. The third-order valence-corrected chi connectivity index (χ3v) is 3.35. The molecule has 130 valence electrons. The Labute approximate surface area is 136 Å². The van der Waals surface area contributed by atoms with Crippen LogP contribution in [-0.2, 0) is 17.5 Å². The van der Waals surface area contributed by atoms with E-state index in [1.807, 2.05) is 13.8 Å². The second-order valence-electron chi connectivity index (χ2n) is 5.58. The number of nitrogens with one attached hydrogen (secondary N) is 1. The number of amides is 1. The molecule has 24 heavy (non-hydrogen) atoms. The highest BCUT2D eigenvalue weighted by Crippen LogP contribution is 2.31. The van der Waals surface area contributed by atoms with Crippen molar-refractivity contribution in [2.45, 2.75) is 32.6 Å². The first-order chi connectivity index (χ1) is 11.2. The van der Waals surface area contributed by atoms with E-state index in [0.717, 1.165) is 12.1 Å². The maximum Gasteiger partial charge on any atom is 0.416 e. The minimum Gasteiger partial charge on any atom is -0.346 e. The van der Waals surface area contributed by atoms with Crippen LogP contribution in [0.25, 0.3) is 11.4 Å². The largest absolute Gasteiger partial charge is 0.416 e. The summed E-state index contributed by atoms with van der Waals surface area (Å²) in [5.41, 5.74) is 5.06. The fraction of sp³-hybridized carbons (Fsp3) is 0.400. The van der Waals surface area contributed by atoms with Crippen molar-refractivity contribution in [3.63, 3.8) is 0 Å². The van der Waals surface area contributed by atoms with Gasteiger partial charge in [0, 0.05) is 5.56 Å². The summed E-state index contributed by atoms with van der Waals surface area (Å²) in [4.78, 5) is 15.7. The summed E-state index contributed by atoms with van der Waals surface area (Å²) in [6, 6.07) is 3.92. The van der Waals surface area contributed by atoms with Crippen molar-refractivity contribution in [2.24, 2.45) is 11.7 Å². The molecule has 0 unspecified atom stereocenters. The highest BCUT2D eigenvalue weighted by molar-refractivity contribution is 5.81. The fourth-order valence-electron chi connectivity index (χ4n) is 1.86. The van der Waals surface area contributed by atoms with Crippen LogP contribution in [-0.4, -0.2) is 22.1 Å². The molecule has 3 N–H and O–H groups in total. The molecule has 0 aliphatic rings. The first-order valence-electron chi connectivity index (χ1n) is 7.22. The van der Waals surface area contributed by atoms with Gasteiger partial charge >= 0.3 is 6.18 Å². The first-order valence-corrected chi connectivity index (χ1v) is 7.22. The lowest BCUT2D eigenvalue weighted by Crippen LogP contribution is -2.43. The Morgan fingerprint density at radius 1 is 1.38 bits per heavy atom. The van der Waals surface area contributed by atoms with Crippen LogP contribution in [0.2, 0.25) is 0 Å². The normalized spacial score (nSPS) is 13.1. The van der Waals surface area contributed by atoms with Gasteiger partial charge in [-0.15, -0.1) is 0 Å². The molecule has 1 heterocycles. The van der Waals surface area contributed by atoms with Gasteiger partial charge in [0.15, 0.2) is 0 Å². The Morgan fingerprint density at radius 3 is 2.71 bits per heavy atom. The van der Waals surface area contributed by atoms with Crippen molar-refractivity contribution in [1.29, 1.82) is 0 Å². The van der Waals surface area contributed by atoms with Gasteiger partial charge in [-0.1, -0.05) is 31.1 Å². The molecule has 9 heteroatoms. The van der Waals surface area contributed by atoms with Crippen molar-refractivity contribution >= 4 is 5.91 Å². The van der Waals surface area contributed by atoms with Crippen molar-refractivity contribution in [1.82, 2.24) is 15.5 Å². The first kappa shape index (κ1) is 17.9. The lowest BCUT2D eigenvalue weighted by atomic mass is 10.1. The summed E-state index contributed by atoms with van der Waals surface area (Å²) in [5.74, 6) is -0.317. The Morgan fingerprint density at radius 2 is 2.08 bits per heavy atom. The smallest absolute Gasteiger partial charge is 0.346 e. The third kappa shape index (κ3) is 4.31. The summed E-state index contributed by atoms with van der Waals surface area (Å²) in [6.45, 7) is 3.57. The number of nitrogens with two attached hydrogens (primary N) is 1. The van der Waals surface area contributed by atoms with E-state index in [-0.39, 0.29) is 35.6 Å². The Balaban J connectivity index is 2.07. The Kier molecular flexibility index (Phi) is 5.23. The van der Waals surface area contributed by atoms with Crippen LogP contribution < -0.4 is 11.1 Å². The molecule has 2 rings (SSSR count). The number of hydrogen-bond acceptors (Lipinski definition) is 5. The number of aromatic nitrogens is 2. The molecule has 2 aromatic rings. The minimum absolute atomic E-state index is 0.0125. The van der Waals surface area contributed by atoms with Gasteiger partial charge in [-0.25, -0.2) is 0 Å². The number of benzene rings is 1. The average Bonchev–Trinajstić information content (AvgIpc) is 3.00. The molecule has 0 fully saturated rings. The molecule has 0 aliphatic heterocycles. The molecule has 0 bridgehead atoms. The Bertz CT molecular complexity index is 713. The van der Waals surface area contributed by atoms with E-state index in [2.05, 4.69) is 15.5 Å². The summed E-state index contributed by atoms with van der Waals surface area (Å²) in [5, 5.41) is 6.17. The number of carbonyl (C=O) groups excluding carboxylic acids is 1. The van der Waals surface area contributed by atoms with E-state index < -0.39 is 17.8 Å². The van der Waals surface area contributed by atoms with Gasteiger partial charge in [0.1, 0.15) is 0 Å². The molecular formula is C15H17F3N4O2. The number of carbonyl (C=O) groups is 1. The highest BCUT2D eigenvalue weighted by atomic mass is 19.4. The molecular weight excluding hydrogens is 325 g/mol. The second kappa shape index (κ2) is 7.00. The quantitative estimate of drug-likeness (QED) is 0.870. The maximum atomic E-state index is 12.7. The predicted molar refractivity (Wildman–Crippen MR) is 79.4 cm³/mol. The van der Waals surface area contributed by atoms with E-state index in [9.17, 15) is 18.0 Å². The number of nitrogens with zero attached hydrogens (tertiary/aromatic N) is 2. The summed E-state index contributed by atoms with van der Waals surface area (Å²) in [6.07, 6.45) is -4.45. The van der Waals surface area contributed by atoms with Crippen molar-refractivity contribution in [3.8, 4) is 11.4 Å². The fourth-order valence-corrected chi connectivity index (χ4v) is 1.86. The van der Waals surface area contributed by atoms with Crippen LogP contribution in [0.1, 0.15) is 25.3 Å². The number of halogens is 3. The SMILES string of the molecule is CC(C)[C@H](N)C(=O)NCc1nc(-c2cccc(C(F)(F)F)c2)no1. The Hall–Kier alpha value is -2.42. The molecule has 1 aromatic carbocycles. The standard InChI is InChI=1S/C15H17F3N4O2/c1-8(2)12(19)14(23)20-7-11-21-13(22-24-11)9-4-3-5-10(6-9)15(16,17)18/h3-6,8,12H,7,19H2,1-2H3,(H,20,23)/t12-/m0/s1. The number of hydrogen-bond donors (Lipinski definition) is 2. The summed E-state index contributed by atoms with van der Waals surface area (Å²) < 4.78 is 43.1. The average molecular weight is 342 g/mol. The van der Waals surface area contributed by atoms with Crippen molar-refractivity contribution in [2.75, 3.05) is 0 Å². The van der Waals surface area contributed by atoms with Crippen LogP contribution in [0.15, 0.2) is 28.8 Å². The third-order valence-electron chi connectivity index (χ3n) is 3.35. The van der Waals surface area contributed by atoms with Gasteiger partial charge in [-0.2, -0.15) is 18.2 Å². The number of rotatable bonds is 5. The van der Waals surface area contributed by atoms with Gasteiger partial charge in [-0.3, -0.25) is 4.79 Å². The topological polar surface area (TPSA) is 94.0 Å². The second-order valence-corrected chi connectivity index (χ2v) is 5.58. The monoisotopic (exact) mass is 342 g/mol. The number of alkyl halides is 3. The van der Waals surface area contributed by atoms with Gasteiger partial charge in [0.05, 0.1) is 18.2 Å². The van der Waals surface area contributed by atoms with Crippen LogP contribution >= 0.6 is 0 Å².